The highest BCUT2D eigenvalue weighted by atomic mass is 16.6. The van der Waals surface area contributed by atoms with E-state index >= 15 is 0 Å². The molecule has 1 aliphatic heterocycles. The Morgan fingerprint density at radius 1 is 1.43 bits per heavy atom. The molecule has 6 nitrogen and oxygen atoms in total. The van der Waals surface area contributed by atoms with Crippen LogP contribution in [-0.4, -0.2) is 47.5 Å². The maximum atomic E-state index is 12.3. The Morgan fingerprint density at radius 2 is 2.00 bits per heavy atom. The van der Waals surface area contributed by atoms with Crippen LogP contribution in [0.5, 0.6) is 0 Å². The van der Waals surface area contributed by atoms with Gasteiger partial charge in [0.2, 0.25) is 0 Å². The first-order valence-corrected chi connectivity index (χ1v) is 6.80. The lowest BCUT2D eigenvalue weighted by molar-refractivity contribution is -0.160. The van der Waals surface area contributed by atoms with Crippen molar-refractivity contribution in [3.63, 3.8) is 0 Å². The number of carbonyl (C=O) groups excluding carboxylic acids is 3. The summed E-state index contributed by atoms with van der Waals surface area (Å²) in [5, 5.41) is 0. The minimum atomic E-state index is -0.912. The molecule has 0 aromatic rings. The molecule has 1 unspecified atom stereocenters. The lowest BCUT2D eigenvalue weighted by Gasteiger charge is -2.23. The van der Waals surface area contributed by atoms with Crippen LogP contribution in [0.15, 0.2) is 12.7 Å². The van der Waals surface area contributed by atoms with Gasteiger partial charge in [-0.3, -0.25) is 9.59 Å². The molecule has 0 aromatic heterocycles. The second kappa shape index (κ2) is 5.87. The minimum absolute atomic E-state index is 0.151. The molecule has 1 atom stereocenters. The SMILES string of the molecule is C=CC(=O)OC1C(=O)N(CC(=O)OC(C)(C)C)CC1(C)C. The van der Waals surface area contributed by atoms with E-state index in [0.29, 0.717) is 6.54 Å². The summed E-state index contributed by atoms with van der Waals surface area (Å²) in [7, 11) is 0. The van der Waals surface area contributed by atoms with Gasteiger partial charge in [-0.1, -0.05) is 20.4 Å². The molecular weight excluding hydrogens is 274 g/mol. The van der Waals surface area contributed by atoms with Crippen LogP contribution >= 0.6 is 0 Å². The van der Waals surface area contributed by atoms with Crippen LogP contribution in [0, 0.1) is 5.41 Å². The number of ether oxygens (including phenoxy) is 2. The Kier molecular flexibility index (Phi) is 4.81. The van der Waals surface area contributed by atoms with Crippen molar-refractivity contribution < 1.29 is 23.9 Å². The maximum absolute atomic E-state index is 12.3. The highest BCUT2D eigenvalue weighted by molar-refractivity contribution is 5.91. The molecule has 0 bridgehead atoms. The lowest BCUT2D eigenvalue weighted by Crippen LogP contribution is -2.38. The number of nitrogens with zero attached hydrogens (tertiary/aromatic N) is 1. The van der Waals surface area contributed by atoms with Crippen LogP contribution in [0.1, 0.15) is 34.6 Å². The molecule has 1 amide bonds. The molecule has 21 heavy (non-hydrogen) atoms. The largest absolute Gasteiger partial charge is 0.459 e. The summed E-state index contributed by atoms with van der Waals surface area (Å²) in [5.74, 6) is -1.52. The van der Waals surface area contributed by atoms with Crippen LogP contribution in [0.2, 0.25) is 0 Å². The molecule has 0 radical (unpaired) electrons. The highest BCUT2D eigenvalue weighted by Crippen LogP contribution is 2.33. The summed E-state index contributed by atoms with van der Waals surface area (Å²) in [6, 6.07) is 0. The van der Waals surface area contributed by atoms with Gasteiger partial charge >= 0.3 is 11.9 Å². The fourth-order valence-electron chi connectivity index (χ4n) is 2.19. The van der Waals surface area contributed by atoms with E-state index in [2.05, 4.69) is 6.58 Å². The fraction of sp³-hybridized carbons (Fsp3) is 0.667. The summed E-state index contributed by atoms with van der Waals surface area (Å²) in [6.07, 6.45) is 0.102. The van der Waals surface area contributed by atoms with E-state index in [1.165, 1.54) is 4.90 Å². The molecule has 1 fully saturated rings. The van der Waals surface area contributed by atoms with Gasteiger partial charge in [0, 0.05) is 18.0 Å². The second-order valence-corrected chi connectivity index (χ2v) is 6.79. The average Bonchev–Trinajstić information content (AvgIpc) is 2.49. The number of esters is 2. The smallest absolute Gasteiger partial charge is 0.330 e. The van der Waals surface area contributed by atoms with Gasteiger partial charge in [0.1, 0.15) is 12.1 Å². The van der Waals surface area contributed by atoms with Crippen LogP contribution in [0.3, 0.4) is 0 Å². The molecule has 6 heteroatoms. The summed E-state index contributed by atoms with van der Waals surface area (Å²) < 4.78 is 10.3. The van der Waals surface area contributed by atoms with Gasteiger partial charge in [0.25, 0.3) is 5.91 Å². The minimum Gasteiger partial charge on any atom is -0.459 e. The van der Waals surface area contributed by atoms with Gasteiger partial charge in [-0.05, 0) is 20.8 Å². The van der Waals surface area contributed by atoms with E-state index in [-0.39, 0.29) is 12.5 Å². The first kappa shape index (κ1) is 17.2. The van der Waals surface area contributed by atoms with E-state index in [4.69, 9.17) is 9.47 Å². The van der Waals surface area contributed by atoms with Crippen LogP contribution < -0.4 is 0 Å². The second-order valence-electron chi connectivity index (χ2n) is 6.79. The molecular formula is C15H23NO5. The molecule has 1 heterocycles. The van der Waals surface area contributed by atoms with Crippen LogP contribution in [0.25, 0.3) is 0 Å². The zero-order chi connectivity index (χ0) is 16.4. The van der Waals surface area contributed by atoms with E-state index < -0.39 is 29.1 Å². The van der Waals surface area contributed by atoms with Crippen molar-refractivity contribution in [2.45, 2.75) is 46.3 Å². The standard InChI is InChI=1S/C15H23NO5/c1-7-10(17)20-12-13(19)16(9-15(12,5)6)8-11(18)21-14(2,3)4/h7,12H,1,8-9H2,2-6H3. The van der Waals surface area contributed by atoms with Crippen molar-refractivity contribution in [3.8, 4) is 0 Å². The van der Waals surface area contributed by atoms with Gasteiger partial charge in [-0.2, -0.15) is 0 Å². The van der Waals surface area contributed by atoms with Crippen molar-refractivity contribution in [1.29, 1.82) is 0 Å². The lowest BCUT2D eigenvalue weighted by atomic mass is 9.89. The molecule has 1 rings (SSSR count). The van der Waals surface area contributed by atoms with Crippen LogP contribution in [-0.2, 0) is 23.9 Å². The summed E-state index contributed by atoms with van der Waals surface area (Å²) in [4.78, 5) is 36.8. The topological polar surface area (TPSA) is 72.9 Å². The normalized spacial score (nSPS) is 21.1. The van der Waals surface area contributed by atoms with Gasteiger partial charge in [0.05, 0.1) is 0 Å². The van der Waals surface area contributed by atoms with Crippen LogP contribution in [0.4, 0.5) is 0 Å². The Balaban J connectivity index is 2.75. The third-order valence-corrected chi connectivity index (χ3v) is 2.98. The summed E-state index contributed by atoms with van der Waals surface area (Å²) >= 11 is 0. The third-order valence-electron chi connectivity index (χ3n) is 2.98. The predicted molar refractivity (Wildman–Crippen MR) is 76.3 cm³/mol. The Hall–Kier alpha value is -1.85. The number of rotatable bonds is 4. The number of likely N-dealkylation sites (tertiary alicyclic amines) is 1. The predicted octanol–water partition coefficient (Wildman–Crippen LogP) is 1.29. The number of carbonyl (C=O) groups is 3. The van der Waals surface area contributed by atoms with Gasteiger partial charge < -0.3 is 14.4 Å². The maximum Gasteiger partial charge on any atom is 0.330 e. The molecule has 1 aliphatic rings. The van der Waals surface area contributed by atoms with Crippen molar-refractivity contribution in [2.75, 3.05) is 13.1 Å². The Labute approximate surface area is 125 Å². The molecule has 0 aliphatic carbocycles. The fourth-order valence-corrected chi connectivity index (χ4v) is 2.19. The Morgan fingerprint density at radius 3 is 2.48 bits per heavy atom. The monoisotopic (exact) mass is 297 g/mol. The van der Waals surface area contributed by atoms with Crippen molar-refractivity contribution in [2.24, 2.45) is 5.41 Å². The zero-order valence-electron chi connectivity index (χ0n) is 13.3. The first-order valence-electron chi connectivity index (χ1n) is 6.80. The third kappa shape index (κ3) is 4.58. The van der Waals surface area contributed by atoms with E-state index in [0.717, 1.165) is 6.08 Å². The molecule has 0 N–H and O–H groups in total. The van der Waals surface area contributed by atoms with Gasteiger partial charge in [-0.25, -0.2) is 4.79 Å². The van der Waals surface area contributed by atoms with E-state index in [1.54, 1.807) is 34.6 Å². The van der Waals surface area contributed by atoms with Crippen molar-refractivity contribution in [1.82, 2.24) is 4.90 Å². The van der Waals surface area contributed by atoms with E-state index in [9.17, 15) is 14.4 Å². The van der Waals surface area contributed by atoms with Crippen molar-refractivity contribution >= 4 is 17.8 Å². The van der Waals surface area contributed by atoms with Gasteiger partial charge in [-0.15, -0.1) is 0 Å². The molecule has 0 aromatic carbocycles. The molecule has 1 saturated heterocycles. The zero-order valence-corrected chi connectivity index (χ0v) is 13.3. The van der Waals surface area contributed by atoms with Crippen molar-refractivity contribution in [3.05, 3.63) is 12.7 Å². The molecule has 118 valence electrons. The van der Waals surface area contributed by atoms with E-state index in [1.807, 2.05) is 0 Å². The number of hydrogen-bond acceptors (Lipinski definition) is 5. The summed E-state index contributed by atoms with van der Waals surface area (Å²) in [5.41, 5.74) is -1.18. The molecule has 0 spiro atoms. The number of hydrogen-bond donors (Lipinski definition) is 0. The van der Waals surface area contributed by atoms with Gasteiger partial charge in [0.15, 0.2) is 6.10 Å². The molecule has 0 saturated carbocycles. The average molecular weight is 297 g/mol. The Bertz CT molecular complexity index is 461. The quantitative estimate of drug-likeness (QED) is 0.577. The summed E-state index contributed by atoms with van der Waals surface area (Å²) in [6.45, 7) is 12.4. The highest BCUT2D eigenvalue weighted by Gasteiger charge is 2.49. The first-order chi connectivity index (χ1) is 9.46. The number of amides is 1.